The van der Waals surface area contributed by atoms with Gasteiger partial charge in [0.2, 0.25) is 5.91 Å². The van der Waals surface area contributed by atoms with E-state index in [4.69, 9.17) is 21.1 Å². The molecule has 0 heterocycles. The first-order chi connectivity index (χ1) is 9.49. The summed E-state index contributed by atoms with van der Waals surface area (Å²) >= 11 is 5.75. The fraction of sp³-hybridized carbons (Fsp3) is 0.533. The van der Waals surface area contributed by atoms with Crippen molar-refractivity contribution < 1.29 is 14.3 Å². The number of benzene rings is 1. The number of hydrogen-bond donors (Lipinski definition) is 1. The third kappa shape index (κ3) is 4.60. The van der Waals surface area contributed by atoms with Crippen LogP contribution in [0.3, 0.4) is 0 Å². The third-order valence-electron chi connectivity index (χ3n) is 2.79. The SMILES string of the molecule is CCOc1ccc(C(C)NC(=O)C(C)Cl)cc1OCC. The number of carbonyl (C=O) groups is 1. The van der Waals surface area contributed by atoms with Crippen LogP contribution in [-0.2, 0) is 4.79 Å². The lowest BCUT2D eigenvalue weighted by Crippen LogP contribution is -2.31. The third-order valence-corrected chi connectivity index (χ3v) is 2.99. The maximum absolute atomic E-state index is 11.6. The molecule has 0 bridgehead atoms. The molecule has 0 fully saturated rings. The minimum absolute atomic E-state index is 0.140. The van der Waals surface area contributed by atoms with Crippen LogP contribution in [-0.4, -0.2) is 24.5 Å². The number of halogens is 1. The van der Waals surface area contributed by atoms with Crippen LogP contribution >= 0.6 is 11.6 Å². The van der Waals surface area contributed by atoms with E-state index in [0.717, 1.165) is 5.56 Å². The Morgan fingerprint density at radius 1 is 1.20 bits per heavy atom. The van der Waals surface area contributed by atoms with E-state index >= 15 is 0 Å². The molecule has 1 amide bonds. The van der Waals surface area contributed by atoms with Crippen molar-refractivity contribution in [3.63, 3.8) is 0 Å². The molecular formula is C15H22ClNO3. The maximum Gasteiger partial charge on any atom is 0.238 e. The molecule has 2 atom stereocenters. The van der Waals surface area contributed by atoms with Gasteiger partial charge in [-0.3, -0.25) is 4.79 Å². The zero-order valence-electron chi connectivity index (χ0n) is 12.4. The molecule has 0 aliphatic heterocycles. The number of nitrogens with one attached hydrogen (secondary N) is 1. The van der Waals surface area contributed by atoms with Crippen LogP contribution in [0.25, 0.3) is 0 Å². The average molecular weight is 300 g/mol. The molecule has 1 rings (SSSR count). The molecule has 1 N–H and O–H groups in total. The van der Waals surface area contributed by atoms with E-state index in [1.165, 1.54) is 0 Å². The van der Waals surface area contributed by atoms with Crippen molar-refractivity contribution in [2.45, 2.75) is 39.1 Å². The number of hydrogen-bond acceptors (Lipinski definition) is 3. The van der Waals surface area contributed by atoms with E-state index in [0.29, 0.717) is 24.7 Å². The molecule has 112 valence electrons. The Bertz CT molecular complexity index is 449. The summed E-state index contributed by atoms with van der Waals surface area (Å²) in [4.78, 5) is 11.6. The Hall–Kier alpha value is -1.42. The Labute approximate surface area is 125 Å². The largest absolute Gasteiger partial charge is 0.490 e. The van der Waals surface area contributed by atoms with Crippen LogP contribution in [0.15, 0.2) is 18.2 Å². The second-order valence-electron chi connectivity index (χ2n) is 4.42. The van der Waals surface area contributed by atoms with Gasteiger partial charge in [-0.2, -0.15) is 0 Å². The highest BCUT2D eigenvalue weighted by Crippen LogP contribution is 2.30. The van der Waals surface area contributed by atoms with Crippen LogP contribution < -0.4 is 14.8 Å². The lowest BCUT2D eigenvalue weighted by Gasteiger charge is -2.18. The summed E-state index contributed by atoms with van der Waals surface area (Å²) in [6, 6.07) is 5.52. The van der Waals surface area contributed by atoms with Crippen molar-refractivity contribution in [1.29, 1.82) is 0 Å². The maximum atomic E-state index is 11.6. The van der Waals surface area contributed by atoms with Gasteiger partial charge < -0.3 is 14.8 Å². The molecule has 0 aliphatic carbocycles. The van der Waals surface area contributed by atoms with Gasteiger partial charge in [0.25, 0.3) is 0 Å². The molecule has 0 spiro atoms. The fourth-order valence-electron chi connectivity index (χ4n) is 1.75. The summed E-state index contributed by atoms with van der Waals surface area (Å²) in [7, 11) is 0. The molecule has 0 saturated carbocycles. The van der Waals surface area contributed by atoms with E-state index in [2.05, 4.69) is 5.32 Å². The highest BCUT2D eigenvalue weighted by Gasteiger charge is 2.15. The summed E-state index contributed by atoms with van der Waals surface area (Å²) in [5, 5.41) is 2.30. The molecule has 0 aromatic heterocycles. The summed E-state index contributed by atoms with van der Waals surface area (Å²) in [5.41, 5.74) is 0.947. The summed E-state index contributed by atoms with van der Waals surface area (Å²) in [6.45, 7) is 8.53. The number of ether oxygens (including phenoxy) is 2. The van der Waals surface area contributed by atoms with Gasteiger partial charge in [-0.15, -0.1) is 11.6 Å². The molecule has 0 aliphatic rings. The molecule has 1 aromatic rings. The molecule has 0 saturated heterocycles. The summed E-state index contributed by atoms with van der Waals surface area (Å²) in [6.07, 6.45) is 0. The molecule has 2 unspecified atom stereocenters. The van der Waals surface area contributed by atoms with Crippen molar-refractivity contribution in [2.75, 3.05) is 13.2 Å². The van der Waals surface area contributed by atoms with E-state index in [9.17, 15) is 4.79 Å². The summed E-state index contributed by atoms with van der Waals surface area (Å²) < 4.78 is 11.1. The topological polar surface area (TPSA) is 47.6 Å². The van der Waals surface area contributed by atoms with Crippen LogP contribution in [0.5, 0.6) is 11.5 Å². The number of alkyl halides is 1. The normalized spacial score (nSPS) is 13.4. The van der Waals surface area contributed by atoms with Gasteiger partial charge in [0.05, 0.1) is 19.3 Å². The zero-order valence-corrected chi connectivity index (χ0v) is 13.2. The zero-order chi connectivity index (χ0) is 15.1. The monoisotopic (exact) mass is 299 g/mol. The predicted molar refractivity (Wildman–Crippen MR) is 80.7 cm³/mol. The minimum Gasteiger partial charge on any atom is -0.490 e. The van der Waals surface area contributed by atoms with Crippen molar-refractivity contribution in [1.82, 2.24) is 5.32 Å². The van der Waals surface area contributed by atoms with Crippen LogP contribution in [0, 0.1) is 0 Å². The van der Waals surface area contributed by atoms with E-state index < -0.39 is 5.38 Å². The summed E-state index contributed by atoms with van der Waals surface area (Å²) in [5.74, 6) is 1.21. The smallest absolute Gasteiger partial charge is 0.238 e. The van der Waals surface area contributed by atoms with Gasteiger partial charge in [0.1, 0.15) is 5.38 Å². The second kappa shape index (κ2) is 8.00. The number of rotatable bonds is 7. The first-order valence-corrected chi connectivity index (χ1v) is 7.27. The van der Waals surface area contributed by atoms with Gasteiger partial charge >= 0.3 is 0 Å². The van der Waals surface area contributed by atoms with Gasteiger partial charge in [-0.1, -0.05) is 6.07 Å². The first kappa shape index (κ1) is 16.6. The fourth-order valence-corrected chi connectivity index (χ4v) is 1.81. The first-order valence-electron chi connectivity index (χ1n) is 6.83. The quantitative estimate of drug-likeness (QED) is 0.786. The highest BCUT2D eigenvalue weighted by atomic mass is 35.5. The number of amides is 1. The molecule has 1 aromatic carbocycles. The molecular weight excluding hydrogens is 278 g/mol. The Morgan fingerprint density at radius 3 is 2.35 bits per heavy atom. The van der Waals surface area contributed by atoms with Crippen molar-refractivity contribution >= 4 is 17.5 Å². The van der Waals surface area contributed by atoms with Gasteiger partial charge in [-0.05, 0) is 45.4 Å². The Morgan fingerprint density at radius 2 is 1.80 bits per heavy atom. The number of carbonyl (C=O) groups excluding carboxylic acids is 1. The van der Waals surface area contributed by atoms with Gasteiger partial charge in [0, 0.05) is 0 Å². The van der Waals surface area contributed by atoms with Crippen molar-refractivity contribution in [2.24, 2.45) is 0 Å². The second-order valence-corrected chi connectivity index (χ2v) is 5.07. The Balaban J connectivity index is 2.89. The Kier molecular flexibility index (Phi) is 6.65. The van der Waals surface area contributed by atoms with Crippen LogP contribution in [0.1, 0.15) is 39.3 Å². The van der Waals surface area contributed by atoms with E-state index in [1.807, 2.05) is 39.0 Å². The highest BCUT2D eigenvalue weighted by molar-refractivity contribution is 6.30. The lowest BCUT2D eigenvalue weighted by atomic mass is 10.1. The van der Waals surface area contributed by atoms with Gasteiger partial charge in [0.15, 0.2) is 11.5 Å². The lowest BCUT2D eigenvalue weighted by molar-refractivity contribution is -0.121. The predicted octanol–water partition coefficient (Wildman–Crippen LogP) is 3.29. The van der Waals surface area contributed by atoms with Crippen LogP contribution in [0.2, 0.25) is 0 Å². The molecule has 20 heavy (non-hydrogen) atoms. The minimum atomic E-state index is -0.550. The molecule has 5 heteroatoms. The van der Waals surface area contributed by atoms with E-state index in [1.54, 1.807) is 6.92 Å². The molecule has 4 nitrogen and oxygen atoms in total. The average Bonchev–Trinajstić information content (AvgIpc) is 2.41. The standard InChI is InChI=1S/C15H22ClNO3/c1-5-19-13-8-7-12(9-14(13)20-6-2)11(4)17-15(18)10(3)16/h7-11H,5-6H2,1-4H3,(H,17,18). The van der Waals surface area contributed by atoms with Gasteiger partial charge in [-0.25, -0.2) is 0 Å². The van der Waals surface area contributed by atoms with Crippen molar-refractivity contribution in [3.8, 4) is 11.5 Å². The molecule has 0 radical (unpaired) electrons. The van der Waals surface area contributed by atoms with Crippen molar-refractivity contribution in [3.05, 3.63) is 23.8 Å². The van der Waals surface area contributed by atoms with Crippen LogP contribution in [0.4, 0.5) is 0 Å². The van der Waals surface area contributed by atoms with E-state index in [-0.39, 0.29) is 11.9 Å².